The van der Waals surface area contributed by atoms with Crippen LogP contribution in [0.25, 0.3) is 44.6 Å². The lowest BCUT2D eigenvalue weighted by molar-refractivity contribution is 0.0585. The Hall–Kier alpha value is -4.23. The molecule has 0 fully saturated rings. The molecule has 170 valence electrons. The van der Waals surface area contributed by atoms with Crippen molar-refractivity contribution in [3.05, 3.63) is 52.9 Å². The van der Waals surface area contributed by atoms with E-state index in [1.807, 2.05) is 18.2 Å². The maximum absolute atomic E-state index is 11.6. The van der Waals surface area contributed by atoms with Gasteiger partial charge in [-0.15, -0.1) is 22.7 Å². The van der Waals surface area contributed by atoms with E-state index in [-0.39, 0.29) is 23.2 Å². The first-order chi connectivity index (χ1) is 16.6. The quantitative estimate of drug-likeness (QED) is 0.312. The third-order valence-electron chi connectivity index (χ3n) is 4.43. The van der Waals surface area contributed by atoms with E-state index in [1.165, 1.54) is 49.4 Å². The number of carbonyl (C=O) groups excluding carboxylic acids is 2. The Morgan fingerprint density at radius 2 is 1.18 bits per heavy atom. The molecule has 0 bridgehead atoms. The fraction of sp³-hybridized carbons (Fsp3) is 0.0952. The minimum atomic E-state index is -0.589. The SMILES string of the molecule is COC(=O)c1coc(-c2csc(-c3cccc(-c4nc(-c5nc(C(=O)OC)co5)cs4)n3)n2)n1. The maximum Gasteiger partial charge on any atom is 0.360 e. The molecule has 0 saturated carbocycles. The lowest BCUT2D eigenvalue weighted by atomic mass is 10.3. The van der Waals surface area contributed by atoms with Crippen LogP contribution < -0.4 is 0 Å². The van der Waals surface area contributed by atoms with Crippen molar-refractivity contribution in [3.63, 3.8) is 0 Å². The lowest BCUT2D eigenvalue weighted by Gasteiger charge is -1.99. The van der Waals surface area contributed by atoms with Gasteiger partial charge in [0.15, 0.2) is 11.4 Å². The van der Waals surface area contributed by atoms with Gasteiger partial charge in [0.2, 0.25) is 11.8 Å². The second-order valence-electron chi connectivity index (χ2n) is 6.54. The number of carbonyl (C=O) groups is 2. The smallest absolute Gasteiger partial charge is 0.360 e. The minimum Gasteiger partial charge on any atom is -0.464 e. The Bertz CT molecular complexity index is 1390. The van der Waals surface area contributed by atoms with Gasteiger partial charge in [0.1, 0.15) is 33.9 Å². The van der Waals surface area contributed by atoms with Crippen molar-refractivity contribution in [2.45, 2.75) is 0 Å². The molecule has 0 aliphatic carbocycles. The second kappa shape index (κ2) is 8.96. The van der Waals surface area contributed by atoms with Crippen molar-refractivity contribution in [2.75, 3.05) is 14.2 Å². The Kier molecular flexibility index (Phi) is 5.69. The molecule has 0 radical (unpaired) electrons. The van der Waals surface area contributed by atoms with Gasteiger partial charge in [-0.05, 0) is 12.1 Å². The lowest BCUT2D eigenvalue weighted by Crippen LogP contribution is -2.00. The number of hydrogen-bond donors (Lipinski definition) is 0. The van der Waals surface area contributed by atoms with Crippen LogP contribution in [0.15, 0.2) is 50.3 Å². The van der Waals surface area contributed by atoms with Gasteiger partial charge in [0, 0.05) is 10.8 Å². The van der Waals surface area contributed by atoms with Crippen LogP contribution in [0.3, 0.4) is 0 Å². The molecule has 0 aliphatic rings. The van der Waals surface area contributed by atoms with Crippen molar-refractivity contribution in [2.24, 2.45) is 0 Å². The summed E-state index contributed by atoms with van der Waals surface area (Å²) in [4.78, 5) is 45.1. The van der Waals surface area contributed by atoms with Gasteiger partial charge in [-0.25, -0.2) is 34.5 Å². The van der Waals surface area contributed by atoms with Crippen molar-refractivity contribution >= 4 is 34.6 Å². The van der Waals surface area contributed by atoms with Gasteiger partial charge in [-0.1, -0.05) is 6.07 Å². The summed E-state index contributed by atoms with van der Waals surface area (Å²) in [5.41, 5.74) is 2.35. The monoisotopic (exact) mass is 495 g/mol. The number of hydrogen-bond acceptors (Lipinski definition) is 13. The van der Waals surface area contributed by atoms with Gasteiger partial charge < -0.3 is 18.3 Å². The summed E-state index contributed by atoms with van der Waals surface area (Å²) in [6.45, 7) is 0. The first kappa shape index (κ1) is 21.6. The molecule has 5 heterocycles. The van der Waals surface area contributed by atoms with E-state index in [0.717, 1.165) is 0 Å². The van der Waals surface area contributed by atoms with Crippen LogP contribution in [0.1, 0.15) is 21.0 Å². The van der Waals surface area contributed by atoms with Gasteiger partial charge in [-0.3, -0.25) is 0 Å². The Morgan fingerprint density at radius 3 is 1.62 bits per heavy atom. The average Bonchev–Trinajstić information content (AvgIpc) is 3.68. The molecule has 13 heteroatoms. The number of thiazole rings is 2. The summed E-state index contributed by atoms with van der Waals surface area (Å²) in [6, 6.07) is 5.50. The molecule has 34 heavy (non-hydrogen) atoms. The van der Waals surface area contributed by atoms with Crippen molar-refractivity contribution in [1.29, 1.82) is 0 Å². The number of pyridine rings is 1. The molecule has 5 aromatic rings. The summed E-state index contributed by atoms with van der Waals surface area (Å²) >= 11 is 2.72. The molecule has 0 aliphatic heterocycles. The van der Waals surface area contributed by atoms with E-state index < -0.39 is 11.9 Å². The highest BCUT2D eigenvalue weighted by Gasteiger charge is 2.19. The highest BCUT2D eigenvalue weighted by atomic mass is 32.1. The second-order valence-corrected chi connectivity index (χ2v) is 8.26. The zero-order chi connectivity index (χ0) is 23.7. The Labute approximate surface area is 199 Å². The molecule has 5 aromatic heterocycles. The number of oxazole rings is 2. The molecular formula is C21H13N5O6S2. The van der Waals surface area contributed by atoms with Crippen LogP contribution in [0.5, 0.6) is 0 Å². The molecule has 0 N–H and O–H groups in total. The van der Waals surface area contributed by atoms with Crippen LogP contribution in [0, 0.1) is 0 Å². The molecule has 5 rings (SSSR count). The minimum absolute atomic E-state index is 0.0662. The molecule has 0 atom stereocenters. The van der Waals surface area contributed by atoms with E-state index >= 15 is 0 Å². The first-order valence-corrected chi connectivity index (χ1v) is 11.3. The van der Waals surface area contributed by atoms with Gasteiger partial charge in [-0.2, -0.15) is 0 Å². The molecule has 0 unspecified atom stereocenters. The van der Waals surface area contributed by atoms with Crippen LogP contribution in [0.2, 0.25) is 0 Å². The van der Waals surface area contributed by atoms with Crippen molar-refractivity contribution in [1.82, 2.24) is 24.9 Å². The average molecular weight is 495 g/mol. The van der Waals surface area contributed by atoms with Crippen LogP contribution >= 0.6 is 22.7 Å². The van der Waals surface area contributed by atoms with E-state index in [0.29, 0.717) is 32.8 Å². The number of rotatable bonds is 6. The van der Waals surface area contributed by atoms with E-state index in [2.05, 4.69) is 34.4 Å². The fourth-order valence-electron chi connectivity index (χ4n) is 2.83. The number of esters is 2. The van der Waals surface area contributed by atoms with E-state index in [1.54, 1.807) is 10.8 Å². The zero-order valence-corrected chi connectivity index (χ0v) is 19.2. The number of methoxy groups -OCH3 is 2. The summed E-state index contributed by atoms with van der Waals surface area (Å²) in [6.07, 6.45) is 2.45. The standard InChI is InChI=1S/C21H13N5O6S2/c1-29-20(27)12-6-31-16(23-12)14-8-33-18(25-14)10-4-3-5-11(22-10)19-26-15(9-34-19)17-24-13(7-32-17)21(28)30-2/h3-9H,1-2H3. The highest BCUT2D eigenvalue weighted by Crippen LogP contribution is 2.31. The third-order valence-corrected chi connectivity index (χ3v) is 6.16. The number of ether oxygens (including phenoxy) is 2. The fourth-order valence-corrected chi connectivity index (χ4v) is 4.36. The molecular weight excluding hydrogens is 482 g/mol. The van der Waals surface area contributed by atoms with Crippen molar-refractivity contribution < 1.29 is 27.9 Å². The van der Waals surface area contributed by atoms with E-state index in [4.69, 9.17) is 8.83 Å². The third kappa shape index (κ3) is 4.09. The van der Waals surface area contributed by atoms with Crippen molar-refractivity contribution in [3.8, 4) is 44.6 Å². The zero-order valence-electron chi connectivity index (χ0n) is 17.5. The predicted octanol–water partition coefficient (Wildman–Crippen LogP) is 4.21. The molecule has 0 amide bonds. The summed E-state index contributed by atoms with van der Waals surface area (Å²) in [5.74, 6) is -0.760. The van der Waals surface area contributed by atoms with Gasteiger partial charge >= 0.3 is 11.9 Å². The summed E-state index contributed by atoms with van der Waals surface area (Å²) in [5, 5.41) is 4.81. The molecule has 0 aromatic carbocycles. The van der Waals surface area contributed by atoms with Crippen LogP contribution in [-0.2, 0) is 9.47 Å². The molecule has 0 saturated heterocycles. The van der Waals surface area contributed by atoms with Crippen LogP contribution in [0.4, 0.5) is 0 Å². The number of aromatic nitrogens is 5. The number of nitrogens with zero attached hydrogens (tertiary/aromatic N) is 5. The summed E-state index contributed by atoms with van der Waals surface area (Å²) < 4.78 is 20.0. The maximum atomic E-state index is 11.6. The van der Waals surface area contributed by atoms with Gasteiger partial charge in [0.25, 0.3) is 0 Å². The highest BCUT2D eigenvalue weighted by molar-refractivity contribution is 7.13. The topological polar surface area (TPSA) is 143 Å². The largest absolute Gasteiger partial charge is 0.464 e. The molecule has 11 nitrogen and oxygen atoms in total. The Morgan fingerprint density at radius 1 is 0.706 bits per heavy atom. The summed E-state index contributed by atoms with van der Waals surface area (Å²) in [7, 11) is 2.54. The normalized spacial score (nSPS) is 10.9. The predicted molar refractivity (Wildman–Crippen MR) is 120 cm³/mol. The van der Waals surface area contributed by atoms with Crippen LogP contribution in [-0.4, -0.2) is 51.1 Å². The Balaban J connectivity index is 1.39. The van der Waals surface area contributed by atoms with E-state index in [9.17, 15) is 9.59 Å². The molecule has 0 spiro atoms. The first-order valence-electron chi connectivity index (χ1n) is 9.53. The van der Waals surface area contributed by atoms with Gasteiger partial charge in [0.05, 0.1) is 25.6 Å².